The van der Waals surface area contributed by atoms with E-state index in [1.54, 1.807) is 32.2 Å². The average molecular weight is 524 g/mol. The number of hydrogen-bond acceptors (Lipinski definition) is 7. The standard InChI is InChI=1S/C27H26ClN3O6/c1-5-6-17-7-8-21(22(14-17)33-3)35-9-10-36-25-20(28)13-18(15-23(25)34-4)12-19-26(29)31-24(30-27(19)32)11-16(2)37-31/h5,7-8,11-15,29H,1,6,9-10H2,2-4H3/b19-12+,29-26?. The minimum absolute atomic E-state index is 0.0556. The van der Waals surface area contributed by atoms with E-state index in [-0.39, 0.29) is 35.5 Å². The fourth-order valence-corrected chi connectivity index (χ4v) is 4.02. The number of carbonyl (C=O) groups is 1. The van der Waals surface area contributed by atoms with Crippen molar-refractivity contribution in [1.82, 2.24) is 5.06 Å². The van der Waals surface area contributed by atoms with Gasteiger partial charge >= 0.3 is 0 Å². The Bertz CT molecular complexity index is 1350. The Morgan fingerprint density at radius 3 is 2.59 bits per heavy atom. The van der Waals surface area contributed by atoms with Crippen molar-refractivity contribution in [2.24, 2.45) is 4.99 Å². The van der Waals surface area contributed by atoms with Crippen LogP contribution < -0.4 is 18.9 Å². The van der Waals surface area contributed by atoms with Gasteiger partial charge in [-0.1, -0.05) is 23.7 Å². The topological polar surface area (TPSA) is 103 Å². The molecular formula is C27H26ClN3O6. The first-order valence-electron chi connectivity index (χ1n) is 11.4. The number of ether oxygens (including phenoxy) is 4. The van der Waals surface area contributed by atoms with Crippen LogP contribution in [0.15, 0.2) is 65.4 Å². The first-order chi connectivity index (χ1) is 17.8. The molecule has 4 rings (SSSR count). The smallest absolute Gasteiger partial charge is 0.282 e. The van der Waals surface area contributed by atoms with Gasteiger partial charge in [-0.05, 0) is 54.8 Å². The van der Waals surface area contributed by atoms with Gasteiger partial charge in [0.1, 0.15) is 19.0 Å². The molecule has 0 bridgehead atoms. The second kappa shape index (κ2) is 11.2. The number of rotatable bonds is 10. The highest BCUT2D eigenvalue weighted by molar-refractivity contribution is 6.33. The van der Waals surface area contributed by atoms with Crippen LogP contribution in [-0.4, -0.2) is 50.1 Å². The van der Waals surface area contributed by atoms with Crippen LogP contribution >= 0.6 is 11.6 Å². The van der Waals surface area contributed by atoms with Crippen LogP contribution in [0.1, 0.15) is 18.1 Å². The number of amides is 1. The third-order valence-electron chi connectivity index (χ3n) is 5.44. The van der Waals surface area contributed by atoms with E-state index >= 15 is 0 Å². The molecule has 0 atom stereocenters. The molecule has 0 aliphatic carbocycles. The number of hydroxylamine groups is 2. The molecule has 0 saturated heterocycles. The minimum atomic E-state index is -0.550. The van der Waals surface area contributed by atoms with E-state index in [0.717, 1.165) is 12.0 Å². The normalized spacial score (nSPS) is 15.6. The zero-order valence-corrected chi connectivity index (χ0v) is 21.4. The summed E-state index contributed by atoms with van der Waals surface area (Å²) in [6.45, 7) is 5.89. The fraction of sp³-hybridized carbons (Fsp3) is 0.222. The van der Waals surface area contributed by atoms with Crippen LogP contribution in [0.2, 0.25) is 5.02 Å². The zero-order chi connectivity index (χ0) is 26.5. The molecule has 2 heterocycles. The number of halogens is 1. The lowest BCUT2D eigenvalue weighted by Crippen LogP contribution is -2.38. The Labute approximate surface area is 219 Å². The van der Waals surface area contributed by atoms with Crippen LogP contribution in [0, 0.1) is 5.41 Å². The quantitative estimate of drug-likeness (QED) is 0.266. The van der Waals surface area contributed by atoms with E-state index < -0.39 is 5.91 Å². The number of fused-ring (bicyclic) bond motifs is 1. The lowest BCUT2D eigenvalue weighted by molar-refractivity contribution is -0.114. The summed E-state index contributed by atoms with van der Waals surface area (Å²) in [6, 6.07) is 8.97. The van der Waals surface area contributed by atoms with Gasteiger partial charge in [-0.15, -0.1) is 11.6 Å². The van der Waals surface area contributed by atoms with Crippen molar-refractivity contribution in [3.8, 4) is 23.0 Å². The minimum Gasteiger partial charge on any atom is -0.493 e. The van der Waals surface area contributed by atoms with Crippen LogP contribution in [0.4, 0.5) is 0 Å². The summed E-state index contributed by atoms with van der Waals surface area (Å²) in [5.74, 6) is 2.05. The highest BCUT2D eigenvalue weighted by atomic mass is 35.5. The van der Waals surface area contributed by atoms with E-state index in [4.69, 9.17) is 40.8 Å². The van der Waals surface area contributed by atoms with Gasteiger partial charge in [0.15, 0.2) is 34.7 Å². The van der Waals surface area contributed by atoms with Gasteiger partial charge in [0.05, 0.1) is 24.8 Å². The number of amidine groups is 2. The van der Waals surface area contributed by atoms with Crippen molar-refractivity contribution < 1.29 is 28.6 Å². The SMILES string of the molecule is C=CCc1ccc(OCCOc2c(Cl)cc(/C=C3\C(=N)N4OC(C)=CC4=NC3=O)cc2OC)c(OC)c1. The molecule has 0 fully saturated rings. The number of benzene rings is 2. The third-order valence-corrected chi connectivity index (χ3v) is 5.72. The maximum absolute atomic E-state index is 12.5. The summed E-state index contributed by atoms with van der Waals surface area (Å²) >= 11 is 6.49. The van der Waals surface area contributed by atoms with E-state index in [1.165, 1.54) is 18.2 Å². The molecule has 0 spiro atoms. The Morgan fingerprint density at radius 2 is 1.86 bits per heavy atom. The molecule has 37 heavy (non-hydrogen) atoms. The van der Waals surface area contributed by atoms with Gasteiger partial charge < -0.3 is 23.8 Å². The third kappa shape index (κ3) is 5.62. The number of hydrogen-bond donors (Lipinski definition) is 1. The summed E-state index contributed by atoms with van der Waals surface area (Å²) in [5.41, 5.74) is 1.66. The molecule has 0 saturated carbocycles. The first-order valence-corrected chi connectivity index (χ1v) is 11.7. The molecule has 1 N–H and O–H groups in total. The lowest BCUT2D eigenvalue weighted by atomic mass is 10.1. The molecule has 9 nitrogen and oxygen atoms in total. The van der Waals surface area contributed by atoms with Gasteiger partial charge in [-0.2, -0.15) is 4.99 Å². The predicted molar refractivity (Wildman–Crippen MR) is 141 cm³/mol. The van der Waals surface area contributed by atoms with Gasteiger partial charge in [0.25, 0.3) is 5.91 Å². The summed E-state index contributed by atoms with van der Waals surface area (Å²) in [5, 5.41) is 9.83. The Morgan fingerprint density at radius 1 is 1.11 bits per heavy atom. The summed E-state index contributed by atoms with van der Waals surface area (Å²) < 4.78 is 22.6. The van der Waals surface area contributed by atoms with Crippen molar-refractivity contribution in [2.45, 2.75) is 13.3 Å². The van der Waals surface area contributed by atoms with Crippen LogP contribution in [0.25, 0.3) is 6.08 Å². The van der Waals surface area contributed by atoms with E-state index in [9.17, 15) is 4.79 Å². The van der Waals surface area contributed by atoms with Crippen molar-refractivity contribution in [3.63, 3.8) is 0 Å². The average Bonchev–Trinajstić information content (AvgIpc) is 3.25. The Hall–Kier alpha value is -4.24. The number of allylic oxidation sites excluding steroid dienone is 2. The molecule has 1 amide bonds. The summed E-state index contributed by atoms with van der Waals surface area (Å²) in [6.07, 6.45) is 5.65. The van der Waals surface area contributed by atoms with Gasteiger partial charge in [0.2, 0.25) is 0 Å². The monoisotopic (exact) mass is 523 g/mol. The molecule has 0 unspecified atom stereocenters. The molecule has 2 aromatic carbocycles. The van der Waals surface area contributed by atoms with Gasteiger partial charge in [-0.25, -0.2) is 0 Å². The van der Waals surface area contributed by atoms with Crippen LogP contribution in [0.5, 0.6) is 23.0 Å². The van der Waals surface area contributed by atoms with Gasteiger partial charge in [-0.3, -0.25) is 10.2 Å². The second-order valence-electron chi connectivity index (χ2n) is 8.03. The first kappa shape index (κ1) is 25.8. The fourth-order valence-electron chi connectivity index (χ4n) is 3.75. The van der Waals surface area contributed by atoms with E-state index in [1.807, 2.05) is 24.3 Å². The maximum atomic E-state index is 12.5. The van der Waals surface area contributed by atoms with Crippen LogP contribution in [0.3, 0.4) is 0 Å². The predicted octanol–water partition coefficient (Wildman–Crippen LogP) is 4.99. The zero-order valence-electron chi connectivity index (χ0n) is 20.7. The van der Waals surface area contributed by atoms with Crippen molar-refractivity contribution in [2.75, 3.05) is 27.4 Å². The largest absolute Gasteiger partial charge is 0.493 e. The van der Waals surface area contributed by atoms with Crippen molar-refractivity contribution in [1.29, 1.82) is 5.41 Å². The summed E-state index contributed by atoms with van der Waals surface area (Å²) in [4.78, 5) is 22.0. The van der Waals surface area contributed by atoms with E-state index in [0.29, 0.717) is 34.3 Å². The van der Waals surface area contributed by atoms with Crippen LogP contribution in [-0.2, 0) is 16.1 Å². The molecule has 2 aliphatic rings. The number of aliphatic imine (C=N–C) groups is 1. The highest BCUT2D eigenvalue weighted by Crippen LogP contribution is 2.37. The molecule has 192 valence electrons. The lowest BCUT2D eigenvalue weighted by Gasteiger charge is -2.23. The summed E-state index contributed by atoms with van der Waals surface area (Å²) in [7, 11) is 3.07. The molecule has 0 aromatic heterocycles. The van der Waals surface area contributed by atoms with Crippen molar-refractivity contribution in [3.05, 3.63) is 76.5 Å². The van der Waals surface area contributed by atoms with E-state index in [2.05, 4.69) is 11.6 Å². The highest BCUT2D eigenvalue weighted by Gasteiger charge is 2.34. The Kier molecular flexibility index (Phi) is 7.83. The van der Waals surface area contributed by atoms with Gasteiger partial charge in [0, 0.05) is 6.08 Å². The number of carbonyl (C=O) groups excluding carboxylic acids is 1. The maximum Gasteiger partial charge on any atom is 0.282 e. The number of methoxy groups -OCH3 is 2. The molecule has 10 heteroatoms. The molecular weight excluding hydrogens is 498 g/mol. The molecule has 0 radical (unpaired) electrons. The Balaban J connectivity index is 1.45. The van der Waals surface area contributed by atoms with Crippen molar-refractivity contribution >= 4 is 35.3 Å². The molecule has 2 aromatic rings. The number of nitrogens with one attached hydrogen (secondary N) is 1. The molecule has 2 aliphatic heterocycles. The second-order valence-corrected chi connectivity index (χ2v) is 8.44. The number of nitrogens with zero attached hydrogens (tertiary/aromatic N) is 2.